The van der Waals surface area contributed by atoms with Crippen molar-refractivity contribution < 1.29 is 26.4 Å². The molecule has 12 heteroatoms. The molecule has 0 bridgehead atoms. The summed E-state index contributed by atoms with van der Waals surface area (Å²) in [6.45, 7) is 3.15. The van der Waals surface area contributed by atoms with Gasteiger partial charge in [-0.05, 0) is 75.0 Å². The number of alkyl halides is 3. The van der Waals surface area contributed by atoms with Gasteiger partial charge in [-0.15, -0.1) is 0 Å². The van der Waals surface area contributed by atoms with Crippen LogP contribution in [0.1, 0.15) is 74.0 Å². The van der Waals surface area contributed by atoms with E-state index >= 15 is 0 Å². The molecule has 3 aliphatic carbocycles. The van der Waals surface area contributed by atoms with E-state index in [9.17, 15) is 26.4 Å². The van der Waals surface area contributed by atoms with Crippen molar-refractivity contribution in [2.75, 3.05) is 26.2 Å². The highest BCUT2D eigenvalue weighted by Crippen LogP contribution is 2.56. The zero-order valence-electron chi connectivity index (χ0n) is 21.6. The lowest BCUT2D eigenvalue weighted by Gasteiger charge is -2.60. The molecule has 1 N–H and O–H groups in total. The first-order valence-electron chi connectivity index (χ1n) is 13.8. The molecule has 3 saturated carbocycles. The topological polar surface area (TPSA) is 99.3 Å². The van der Waals surface area contributed by atoms with E-state index in [0.29, 0.717) is 24.2 Å². The van der Waals surface area contributed by atoms with Crippen LogP contribution in [0.25, 0.3) is 0 Å². The number of halogens is 3. The number of urea groups is 1. The SMILES string of the molecule is O=C(N1CC2(CC(c3n[nH]c(C4CC4)n3)C2)C1)N1CC2(CC[C@@H](Cc3ccc(S(=O)(=O)C(F)(F)F)cc3)C2)C1. The molecule has 2 spiro atoms. The number of nitrogens with zero attached hydrogens (tertiary/aromatic N) is 4. The van der Waals surface area contributed by atoms with Crippen molar-refractivity contribution in [3.63, 3.8) is 0 Å². The van der Waals surface area contributed by atoms with Gasteiger partial charge in [-0.3, -0.25) is 5.10 Å². The molecule has 2 aliphatic heterocycles. The van der Waals surface area contributed by atoms with Crippen molar-refractivity contribution in [3.05, 3.63) is 41.5 Å². The lowest BCUT2D eigenvalue weighted by Crippen LogP contribution is -2.69. The first kappa shape index (κ1) is 25.3. The van der Waals surface area contributed by atoms with E-state index in [1.165, 1.54) is 25.0 Å². The lowest BCUT2D eigenvalue weighted by atomic mass is 9.57. The van der Waals surface area contributed by atoms with Crippen molar-refractivity contribution >= 4 is 15.9 Å². The van der Waals surface area contributed by atoms with Crippen LogP contribution in [0.5, 0.6) is 0 Å². The molecular formula is C27H32F3N5O3S. The van der Waals surface area contributed by atoms with Crippen LogP contribution in [0.15, 0.2) is 29.2 Å². The fraction of sp³-hybridized carbons (Fsp3) is 0.667. The van der Waals surface area contributed by atoms with Crippen molar-refractivity contribution in [3.8, 4) is 0 Å². The molecule has 5 fully saturated rings. The van der Waals surface area contributed by atoms with E-state index in [0.717, 1.165) is 87.6 Å². The molecule has 7 rings (SSSR count). The summed E-state index contributed by atoms with van der Waals surface area (Å²) >= 11 is 0. The summed E-state index contributed by atoms with van der Waals surface area (Å²) in [5, 5.41) is 7.53. The van der Waals surface area contributed by atoms with Gasteiger partial charge in [0.05, 0.1) is 4.90 Å². The molecule has 3 heterocycles. The van der Waals surface area contributed by atoms with Gasteiger partial charge in [0.2, 0.25) is 0 Å². The van der Waals surface area contributed by atoms with Crippen LogP contribution in [-0.4, -0.2) is 71.1 Å². The number of H-pyrrole nitrogens is 1. The molecule has 2 amide bonds. The average molecular weight is 564 g/mol. The summed E-state index contributed by atoms with van der Waals surface area (Å²) in [5.41, 5.74) is -4.09. The number of carbonyl (C=O) groups excluding carboxylic acids is 1. The zero-order valence-corrected chi connectivity index (χ0v) is 22.4. The highest BCUT2D eigenvalue weighted by Gasteiger charge is 2.57. The Bertz CT molecular complexity index is 1380. The maximum absolute atomic E-state index is 13.1. The quantitative estimate of drug-likeness (QED) is 0.573. The predicted octanol–water partition coefficient (Wildman–Crippen LogP) is 4.62. The number of carbonyl (C=O) groups is 1. The van der Waals surface area contributed by atoms with E-state index in [2.05, 4.69) is 10.2 Å². The lowest BCUT2D eigenvalue weighted by molar-refractivity contribution is -0.0706. The number of hydrogen-bond donors (Lipinski definition) is 1. The summed E-state index contributed by atoms with van der Waals surface area (Å²) in [6.07, 6.45) is 8.22. The van der Waals surface area contributed by atoms with Crippen molar-refractivity contribution in [1.29, 1.82) is 0 Å². The molecule has 39 heavy (non-hydrogen) atoms. The number of hydrogen-bond acceptors (Lipinski definition) is 5. The van der Waals surface area contributed by atoms with Crippen LogP contribution in [0.4, 0.5) is 18.0 Å². The van der Waals surface area contributed by atoms with E-state index in [-0.39, 0.29) is 16.9 Å². The van der Waals surface area contributed by atoms with Crippen molar-refractivity contribution in [2.45, 2.75) is 73.6 Å². The van der Waals surface area contributed by atoms with Gasteiger partial charge in [-0.2, -0.15) is 18.3 Å². The van der Waals surface area contributed by atoms with Crippen molar-refractivity contribution in [1.82, 2.24) is 25.0 Å². The second-order valence-corrected chi connectivity index (χ2v) is 14.8. The Hall–Kier alpha value is -2.63. The number of amides is 2. The van der Waals surface area contributed by atoms with Crippen LogP contribution in [0, 0.1) is 16.7 Å². The molecule has 1 atom stereocenters. The largest absolute Gasteiger partial charge is 0.501 e. The standard InChI is InChI=1S/C27H32F3N5O3S/c28-27(29,30)39(37,38)21-5-1-17(2-6-21)9-18-7-8-25(10-18)13-34(14-25)24(36)35-15-26(16-35)11-20(12-26)23-31-22(32-33-23)19-3-4-19/h1-2,5-6,18-20H,3-4,7-16H2,(H,31,32,33)/t18-/m0/s1. The summed E-state index contributed by atoms with van der Waals surface area (Å²) in [7, 11) is -5.32. The summed E-state index contributed by atoms with van der Waals surface area (Å²) < 4.78 is 61.5. The Morgan fingerprint density at radius 1 is 0.949 bits per heavy atom. The monoisotopic (exact) mass is 563 g/mol. The van der Waals surface area contributed by atoms with Crippen LogP contribution in [-0.2, 0) is 16.3 Å². The van der Waals surface area contributed by atoms with Crippen LogP contribution >= 0.6 is 0 Å². The van der Waals surface area contributed by atoms with Gasteiger partial charge in [0, 0.05) is 48.8 Å². The molecule has 1 aromatic carbocycles. The number of aromatic amines is 1. The molecule has 2 aromatic rings. The van der Waals surface area contributed by atoms with Gasteiger partial charge in [0.15, 0.2) is 5.82 Å². The highest BCUT2D eigenvalue weighted by atomic mass is 32.2. The van der Waals surface area contributed by atoms with E-state index < -0.39 is 20.2 Å². The maximum atomic E-state index is 13.1. The molecule has 5 aliphatic rings. The normalized spacial score (nSPS) is 26.0. The summed E-state index contributed by atoms with van der Waals surface area (Å²) in [5.74, 6) is 3.33. The van der Waals surface area contributed by atoms with Crippen molar-refractivity contribution in [2.24, 2.45) is 16.7 Å². The van der Waals surface area contributed by atoms with Crippen LogP contribution in [0.3, 0.4) is 0 Å². The molecule has 210 valence electrons. The minimum Gasteiger partial charge on any atom is -0.323 e. The third-order valence-electron chi connectivity index (χ3n) is 9.72. The Morgan fingerprint density at radius 3 is 2.21 bits per heavy atom. The van der Waals surface area contributed by atoms with Gasteiger partial charge in [0.25, 0.3) is 9.84 Å². The summed E-state index contributed by atoms with van der Waals surface area (Å²) in [4.78, 5) is 21.0. The van der Waals surface area contributed by atoms with E-state index in [4.69, 9.17) is 4.98 Å². The number of benzene rings is 1. The van der Waals surface area contributed by atoms with Gasteiger partial charge < -0.3 is 9.80 Å². The number of aromatic nitrogens is 3. The smallest absolute Gasteiger partial charge is 0.323 e. The van der Waals surface area contributed by atoms with E-state index in [1.54, 1.807) is 0 Å². The number of likely N-dealkylation sites (tertiary alicyclic amines) is 2. The Labute approximate surface area is 225 Å². The van der Waals surface area contributed by atoms with Crippen LogP contribution in [0.2, 0.25) is 0 Å². The number of rotatable bonds is 5. The molecule has 0 unspecified atom stereocenters. The fourth-order valence-electron chi connectivity index (χ4n) is 7.49. The minimum atomic E-state index is -5.32. The Morgan fingerprint density at radius 2 is 1.59 bits per heavy atom. The zero-order chi connectivity index (χ0) is 27.2. The maximum Gasteiger partial charge on any atom is 0.501 e. The second kappa shape index (κ2) is 8.44. The minimum absolute atomic E-state index is 0.133. The number of nitrogens with one attached hydrogen (secondary N) is 1. The summed E-state index contributed by atoms with van der Waals surface area (Å²) in [6, 6.07) is 5.20. The number of sulfone groups is 1. The van der Waals surface area contributed by atoms with Gasteiger partial charge in [-0.1, -0.05) is 12.1 Å². The van der Waals surface area contributed by atoms with Gasteiger partial charge in [-0.25, -0.2) is 18.2 Å². The van der Waals surface area contributed by atoms with Gasteiger partial charge in [0.1, 0.15) is 5.82 Å². The predicted molar refractivity (Wildman–Crippen MR) is 134 cm³/mol. The molecule has 8 nitrogen and oxygen atoms in total. The highest BCUT2D eigenvalue weighted by molar-refractivity contribution is 7.92. The molecule has 0 radical (unpaired) electrons. The molecule has 2 saturated heterocycles. The Balaban J connectivity index is 0.863. The molecular weight excluding hydrogens is 531 g/mol. The third kappa shape index (κ3) is 4.33. The third-order valence-corrected chi connectivity index (χ3v) is 11.2. The average Bonchev–Trinajstić information content (AvgIpc) is 3.39. The first-order valence-corrected chi connectivity index (χ1v) is 15.3. The Kier molecular flexibility index (Phi) is 5.48. The molecule has 1 aromatic heterocycles. The van der Waals surface area contributed by atoms with Gasteiger partial charge >= 0.3 is 11.5 Å². The fourth-order valence-corrected chi connectivity index (χ4v) is 8.26. The van der Waals surface area contributed by atoms with E-state index in [1.807, 2.05) is 9.80 Å². The van der Waals surface area contributed by atoms with Crippen LogP contribution < -0.4 is 0 Å². The second-order valence-electron chi connectivity index (χ2n) is 12.9. The first-order chi connectivity index (χ1) is 18.4.